The van der Waals surface area contributed by atoms with E-state index in [1.54, 1.807) is 11.3 Å². The van der Waals surface area contributed by atoms with Gasteiger partial charge in [-0.25, -0.2) is 4.98 Å². The van der Waals surface area contributed by atoms with E-state index in [-0.39, 0.29) is 0 Å². The molecule has 0 aliphatic carbocycles. The number of nitrogens with one attached hydrogen (secondary N) is 1. The fourth-order valence-corrected chi connectivity index (χ4v) is 3.63. The molecule has 0 atom stereocenters. The van der Waals surface area contributed by atoms with Crippen LogP contribution in [0.3, 0.4) is 0 Å². The summed E-state index contributed by atoms with van der Waals surface area (Å²) < 4.78 is 0. The van der Waals surface area contributed by atoms with Crippen molar-refractivity contribution in [1.29, 1.82) is 0 Å². The van der Waals surface area contributed by atoms with Crippen LogP contribution in [0.2, 0.25) is 0 Å². The Bertz CT molecular complexity index is 781. The van der Waals surface area contributed by atoms with Gasteiger partial charge in [-0.15, -0.1) is 11.3 Å². The summed E-state index contributed by atoms with van der Waals surface area (Å²) in [7, 11) is 0. The summed E-state index contributed by atoms with van der Waals surface area (Å²) in [6.07, 6.45) is 3.88. The molecule has 1 aromatic carbocycles. The number of pyridine rings is 1. The van der Waals surface area contributed by atoms with E-state index in [9.17, 15) is 0 Å². The number of benzene rings is 1. The van der Waals surface area contributed by atoms with Crippen molar-refractivity contribution in [3.63, 3.8) is 0 Å². The zero-order chi connectivity index (χ0) is 16.8. The zero-order valence-corrected chi connectivity index (χ0v) is 15.1. The molecule has 0 fully saturated rings. The lowest BCUT2D eigenvalue weighted by molar-refractivity contribution is 0.690. The Morgan fingerprint density at radius 3 is 2.75 bits per heavy atom. The smallest absolute Gasteiger partial charge is 0.124 e. The van der Waals surface area contributed by atoms with Gasteiger partial charge in [0.2, 0.25) is 0 Å². The predicted molar refractivity (Wildman–Crippen MR) is 101 cm³/mol. The van der Waals surface area contributed by atoms with Crippen LogP contribution in [-0.2, 0) is 19.4 Å². The molecule has 4 heteroatoms. The third-order valence-electron chi connectivity index (χ3n) is 4.04. The summed E-state index contributed by atoms with van der Waals surface area (Å²) in [4.78, 5) is 10.4. The molecule has 0 aliphatic heterocycles. The molecule has 3 aromatic rings. The summed E-state index contributed by atoms with van der Waals surface area (Å²) in [5, 5.41) is 4.62. The summed E-state index contributed by atoms with van der Waals surface area (Å²) >= 11 is 1.78. The molecule has 0 saturated heterocycles. The normalized spacial score (nSPS) is 10.9. The van der Waals surface area contributed by atoms with Gasteiger partial charge in [-0.2, -0.15) is 0 Å². The van der Waals surface area contributed by atoms with E-state index in [1.165, 1.54) is 16.0 Å². The maximum Gasteiger partial charge on any atom is 0.124 e. The lowest BCUT2D eigenvalue weighted by Crippen LogP contribution is -2.16. The molecule has 2 aromatic heterocycles. The highest BCUT2D eigenvalue weighted by molar-refractivity contribution is 7.15. The zero-order valence-electron chi connectivity index (χ0n) is 14.2. The fourth-order valence-electron chi connectivity index (χ4n) is 2.60. The van der Waals surface area contributed by atoms with Crippen LogP contribution < -0.4 is 5.32 Å². The topological polar surface area (TPSA) is 37.8 Å². The molecule has 0 radical (unpaired) electrons. The van der Waals surface area contributed by atoms with Gasteiger partial charge in [0.1, 0.15) is 5.01 Å². The average Bonchev–Trinajstić information content (AvgIpc) is 3.00. The molecular formula is C20H23N3S. The Labute approximate surface area is 147 Å². The molecule has 0 unspecified atom stereocenters. The Balaban J connectivity index is 1.59. The standard InChI is InChI=1S/C20H23N3S/c1-3-18-13-17(10-12-22-18)20-23-15(2)19(24-20)14-21-11-9-16-7-5-4-6-8-16/h4-8,10,12-13,21H,3,9,11,14H2,1-2H3. The van der Waals surface area contributed by atoms with Gasteiger partial charge in [0.15, 0.2) is 0 Å². The van der Waals surface area contributed by atoms with Crippen LogP contribution in [0.25, 0.3) is 10.6 Å². The quantitative estimate of drug-likeness (QED) is 0.649. The molecule has 24 heavy (non-hydrogen) atoms. The third kappa shape index (κ3) is 4.28. The van der Waals surface area contributed by atoms with Crippen molar-refractivity contribution in [2.45, 2.75) is 33.2 Å². The van der Waals surface area contributed by atoms with Gasteiger partial charge in [0.25, 0.3) is 0 Å². The minimum absolute atomic E-state index is 0.877. The number of hydrogen-bond donors (Lipinski definition) is 1. The second-order valence-electron chi connectivity index (χ2n) is 5.83. The van der Waals surface area contributed by atoms with E-state index in [1.807, 2.05) is 12.3 Å². The first kappa shape index (κ1) is 16.8. The first-order valence-electron chi connectivity index (χ1n) is 8.42. The largest absolute Gasteiger partial charge is 0.311 e. The first-order valence-corrected chi connectivity index (χ1v) is 9.24. The van der Waals surface area contributed by atoms with Gasteiger partial charge in [0.05, 0.1) is 5.69 Å². The highest BCUT2D eigenvalue weighted by Crippen LogP contribution is 2.28. The lowest BCUT2D eigenvalue weighted by Gasteiger charge is -2.03. The minimum Gasteiger partial charge on any atom is -0.311 e. The van der Waals surface area contributed by atoms with Crippen molar-refractivity contribution in [3.05, 3.63) is 70.5 Å². The van der Waals surface area contributed by atoms with Gasteiger partial charge in [-0.1, -0.05) is 37.3 Å². The molecular weight excluding hydrogens is 314 g/mol. The first-order chi connectivity index (χ1) is 11.8. The minimum atomic E-state index is 0.877. The van der Waals surface area contributed by atoms with Crippen LogP contribution in [0.5, 0.6) is 0 Å². The summed E-state index contributed by atoms with van der Waals surface area (Å²) in [5.74, 6) is 0. The maximum atomic E-state index is 4.74. The maximum absolute atomic E-state index is 4.74. The fraction of sp³-hybridized carbons (Fsp3) is 0.300. The molecule has 2 heterocycles. The van der Waals surface area contributed by atoms with E-state index in [0.29, 0.717) is 0 Å². The van der Waals surface area contributed by atoms with Crippen molar-refractivity contribution >= 4 is 11.3 Å². The van der Waals surface area contributed by atoms with Gasteiger partial charge in [-0.05, 0) is 44.0 Å². The van der Waals surface area contributed by atoms with Crippen LogP contribution >= 0.6 is 11.3 Å². The second-order valence-corrected chi connectivity index (χ2v) is 6.91. The predicted octanol–water partition coefficient (Wildman–Crippen LogP) is 4.41. The highest BCUT2D eigenvalue weighted by atomic mass is 32.1. The monoisotopic (exact) mass is 337 g/mol. The molecule has 0 bridgehead atoms. The second kappa shape index (κ2) is 8.18. The Hall–Kier alpha value is -2.04. The van der Waals surface area contributed by atoms with E-state index in [2.05, 4.69) is 60.5 Å². The van der Waals surface area contributed by atoms with Crippen LogP contribution in [0.4, 0.5) is 0 Å². The third-order valence-corrected chi connectivity index (χ3v) is 5.24. The number of aryl methyl sites for hydroxylation is 2. The van der Waals surface area contributed by atoms with E-state index in [4.69, 9.17) is 4.98 Å². The van der Waals surface area contributed by atoms with Crippen LogP contribution in [-0.4, -0.2) is 16.5 Å². The van der Waals surface area contributed by atoms with Crippen molar-refractivity contribution in [2.24, 2.45) is 0 Å². The number of aromatic nitrogens is 2. The molecule has 0 saturated carbocycles. The molecule has 0 aliphatic rings. The van der Waals surface area contributed by atoms with E-state index < -0.39 is 0 Å². The molecule has 124 valence electrons. The Kier molecular flexibility index (Phi) is 5.72. The highest BCUT2D eigenvalue weighted by Gasteiger charge is 2.09. The number of thiazole rings is 1. The van der Waals surface area contributed by atoms with E-state index in [0.717, 1.165) is 42.3 Å². The number of hydrogen-bond acceptors (Lipinski definition) is 4. The number of rotatable bonds is 7. The van der Waals surface area contributed by atoms with Crippen LogP contribution in [0.15, 0.2) is 48.7 Å². The van der Waals surface area contributed by atoms with Crippen LogP contribution in [0.1, 0.15) is 28.8 Å². The summed E-state index contributed by atoms with van der Waals surface area (Å²) in [6.45, 7) is 6.07. The van der Waals surface area contributed by atoms with Crippen molar-refractivity contribution in [1.82, 2.24) is 15.3 Å². The van der Waals surface area contributed by atoms with Crippen molar-refractivity contribution < 1.29 is 0 Å². The SMILES string of the molecule is CCc1cc(-c2nc(C)c(CNCCc3ccccc3)s2)ccn1. The Morgan fingerprint density at radius 2 is 1.96 bits per heavy atom. The van der Waals surface area contributed by atoms with Gasteiger partial charge >= 0.3 is 0 Å². The molecule has 3 rings (SSSR count). The van der Waals surface area contributed by atoms with Gasteiger partial charge < -0.3 is 5.32 Å². The van der Waals surface area contributed by atoms with Crippen molar-refractivity contribution in [3.8, 4) is 10.6 Å². The molecule has 3 nitrogen and oxygen atoms in total. The van der Waals surface area contributed by atoms with Crippen LogP contribution in [0, 0.1) is 6.92 Å². The van der Waals surface area contributed by atoms with E-state index >= 15 is 0 Å². The molecule has 1 N–H and O–H groups in total. The Morgan fingerprint density at radius 1 is 1.12 bits per heavy atom. The summed E-state index contributed by atoms with van der Waals surface area (Å²) in [5.41, 5.74) is 4.78. The average molecular weight is 337 g/mol. The molecule has 0 spiro atoms. The van der Waals surface area contributed by atoms with Crippen molar-refractivity contribution in [2.75, 3.05) is 6.54 Å². The lowest BCUT2D eigenvalue weighted by atomic mass is 10.1. The summed E-state index contributed by atoms with van der Waals surface area (Å²) in [6, 6.07) is 14.8. The number of nitrogens with zero attached hydrogens (tertiary/aromatic N) is 2. The molecule has 0 amide bonds. The van der Waals surface area contributed by atoms with Gasteiger partial charge in [0, 0.05) is 28.9 Å². The van der Waals surface area contributed by atoms with Gasteiger partial charge in [-0.3, -0.25) is 4.98 Å².